The summed E-state index contributed by atoms with van der Waals surface area (Å²) in [5, 5.41) is 3.30. The SMILES string of the molecule is CCNCC1CCCN(S(=O)(=O)NCCc2ccco2)C1. The third kappa shape index (κ3) is 5.10. The third-order valence-electron chi connectivity index (χ3n) is 3.74. The van der Waals surface area contributed by atoms with Gasteiger partial charge in [0, 0.05) is 26.1 Å². The topological polar surface area (TPSA) is 74.6 Å². The van der Waals surface area contributed by atoms with E-state index in [2.05, 4.69) is 17.0 Å². The zero-order chi connectivity index (χ0) is 15.1. The van der Waals surface area contributed by atoms with Gasteiger partial charge in [-0.25, -0.2) is 4.72 Å². The zero-order valence-electron chi connectivity index (χ0n) is 12.5. The predicted molar refractivity (Wildman–Crippen MR) is 82.2 cm³/mol. The average molecular weight is 315 g/mol. The molecule has 1 saturated heterocycles. The van der Waals surface area contributed by atoms with E-state index in [1.807, 2.05) is 6.07 Å². The van der Waals surface area contributed by atoms with Crippen LogP contribution in [0.25, 0.3) is 0 Å². The molecule has 1 unspecified atom stereocenters. The molecule has 1 aliphatic rings. The van der Waals surface area contributed by atoms with E-state index in [1.165, 1.54) is 0 Å². The van der Waals surface area contributed by atoms with E-state index >= 15 is 0 Å². The first-order valence-corrected chi connectivity index (χ1v) is 9.03. The van der Waals surface area contributed by atoms with E-state index in [0.717, 1.165) is 31.7 Å². The van der Waals surface area contributed by atoms with Crippen LogP contribution in [0.3, 0.4) is 0 Å². The van der Waals surface area contributed by atoms with E-state index in [1.54, 1.807) is 16.6 Å². The van der Waals surface area contributed by atoms with Gasteiger partial charge in [0.05, 0.1) is 6.26 Å². The molecule has 2 N–H and O–H groups in total. The first-order chi connectivity index (χ1) is 10.1. The van der Waals surface area contributed by atoms with Crippen LogP contribution in [0.1, 0.15) is 25.5 Å². The van der Waals surface area contributed by atoms with Crippen molar-refractivity contribution < 1.29 is 12.8 Å². The first kappa shape index (κ1) is 16.5. The van der Waals surface area contributed by atoms with E-state index in [9.17, 15) is 8.42 Å². The summed E-state index contributed by atoms with van der Waals surface area (Å²) < 4.78 is 34.0. The lowest BCUT2D eigenvalue weighted by molar-refractivity contribution is 0.258. The molecule has 0 spiro atoms. The lowest BCUT2D eigenvalue weighted by Gasteiger charge is -2.32. The molecular weight excluding hydrogens is 290 g/mol. The summed E-state index contributed by atoms with van der Waals surface area (Å²) in [6, 6.07) is 3.65. The van der Waals surface area contributed by atoms with Crippen LogP contribution in [0.2, 0.25) is 0 Å². The summed E-state index contributed by atoms with van der Waals surface area (Å²) in [5.74, 6) is 1.20. The summed E-state index contributed by atoms with van der Waals surface area (Å²) in [7, 11) is -3.38. The molecule has 2 rings (SSSR count). The molecule has 1 aromatic heterocycles. The van der Waals surface area contributed by atoms with Crippen molar-refractivity contribution in [2.45, 2.75) is 26.2 Å². The number of hydrogen-bond donors (Lipinski definition) is 2. The van der Waals surface area contributed by atoms with Crippen LogP contribution in [0, 0.1) is 5.92 Å². The third-order valence-corrected chi connectivity index (χ3v) is 5.32. The van der Waals surface area contributed by atoms with Gasteiger partial charge in [0.25, 0.3) is 10.2 Å². The molecule has 0 amide bonds. The normalized spacial score (nSPS) is 20.7. The van der Waals surface area contributed by atoms with Crippen molar-refractivity contribution in [3.8, 4) is 0 Å². The van der Waals surface area contributed by atoms with Crippen LogP contribution in [0.15, 0.2) is 22.8 Å². The molecule has 0 aliphatic carbocycles. The summed E-state index contributed by atoms with van der Waals surface area (Å²) in [6.45, 7) is 5.44. The minimum absolute atomic E-state index is 0.365. The lowest BCUT2D eigenvalue weighted by Crippen LogP contribution is -2.48. The van der Waals surface area contributed by atoms with Crippen molar-refractivity contribution >= 4 is 10.2 Å². The van der Waals surface area contributed by atoms with Crippen molar-refractivity contribution in [1.29, 1.82) is 0 Å². The van der Waals surface area contributed by atoms with Crippen LogP contribution in [0.5, 0.6) is 0 Å². The van der Waals surface area contributed by atoms with Gasteiger partial charge in [-0.3, -0.25) is 0 Å². The smallest absolute Gasteiger partial charge is 0.279 e. The number of piperidine rings is 1. The predicted octanol–water partition coefficient (Wildman–Crippen LogP) is 0.978. The lowest BCUT2D eigenvalue weighted by atomic mass is 10.00. The molecule has 0 radical (unpaired) electrons. The molecule has 1 atom stereocenters. The molecule has 2 heterocycles. The summed E-state index contributed by atoms with van der Waals surface area (Å²) >= 11 is 0. The van der Waals surface area contributed by atoms with Crippen molar-refractivity contribution in [2.75, 3.05) is 32.7 Å². The van der Waals surface area contributed by atoms with E-state index in [4.69, 9.17) is 4.42 Å². The van der Waals surface area contributed by atoms with Gasteiger partial charge >= 0.3 is 0 Å². The molecule has 0 saturated carbocycles. The zero-order valence-corrected chi connectivity index (χ0v) is 13.4. The number of nitrogens with zero attached hydrogens (tertiary/aromatic N) is 1. The standard InChI is InChI=1S/C14H25N3O3S/c1-2-15-11-13-5-3-9-17(12-13)21(18,19)16-8-7-14-6-4-10-20-14/h4,6,10,13,15-16H,2-3,5,7-9,11-12H2,1H3. The van der Waals surface area contributed by atoms with Crippen molar-refractivity contribution in [2.24, 2.45) is 5.92 Å². The van der Waals surface area contributed by atoms with Crippen LogP contribution in [-0.4, -0.2) is 45.4 Å². The first-order valence-electron chi connectivity index (χ1n) is 7.59. The quantitative estimate of drug-likeness (QED) is 0.750. The Hall–Kier alpha value is -0.890. The number of hydrogen-bond acceptors (Lipinski definition) is 4. The van der Waals surface area contributed by atoms with Crippen LogP contribution < -0.4 is 10.0 Å². The highest BCUT2D eigenvalue weighted by Gasteiger charge is 2.28. The Bertz CT molecular complexity index is 502. The van der Waals surface area contributed by atoms with Crippen LogP contribution >= 0.6 is 0 Å². The van der Waals surface area contributed by atoms with Gasteiger partial charge < -0.3 is 9.73 Å². The highest BCUT2D eigenvalue weighted by molar-refractivity contribution is 7.87. The molecule has 1 fully saturated rings. The molecule has 21 heavy (non-hydrogen) atoms. The van der Waals surface area contributed by atoms with Gasteiger partial charge in [-0.2, -0.15) is 12.7 Å². The molecule has 1 aromatic rings. The number of furan rings is 1. The Kier molecular flexibility index (Phi) is 6.22. The maximum absolute atomic E-state index is 12.3. The Morgan fingerprint density at radius 2 is 2.33 bits per heavy atom. The summed E-state index contributed by atoms with van der Waals surface area (Å²) in [4.78, 5) is 0. The van der Waals surface area contributed by atoms with Gasteiger partial charge in [-0.15, -0.1) is 0 Å². The van der Waals surface area contributed by atoms with Gasteiger partial charge in [-0.05, 0) is 44.0 Å². The second-order valence-corrected chi connectivity index (χ2v) is 7.16. The molecule has 6 nitrogen and oxygen atoms in total. The van der Waals surface area contributed by atoms with Gasteiger partial charge in [0.2, 0.25) is 0 Å². The highest BCUT2D eigenvalue weighted by atomic mass is 32.2. The Morgan fingerprint density at radius 3 is 3.05 bits per heavy atom. The molecular formula is C14H25N3O3S. The molecule has 7 heteroatoms. The molecule has 120 valence electrons. The molecule has 0 aromatic carbocycles. The van der Waals surface area contributed by atoms with Crippen LogP contribution in [0.4, 0.5) is 0 Å². The van der Waals surface area contributed by atoms with E-state index < -0.39 is 10.2 Å². The maximum Gasteiger partial charge on any atom is 0.279 e. The van der Waals surface area contributed by atoms with Crippen molar-refractivity contribution in [3.05, 3.63) is 24.2 Å². The van der Waals surface area contributed by atoms with Crippen molar-refractivity contribution in [3.63, 3.8) is 0 Å². The second kappa shape index (κ2) is 7.93. The number of rotatable bonds is 8. The Balaban J connectivity index is 1.80. The fraction of sp³-hybridized carbons (Fsp3) is 0.714. The minimum Gasteiger partial charge on any atom is -0.469 e. The van der Waals surface area contributed by atoms with Crippen molar-refractivity contribution in [1.82, 2.24) is 14.3 Å². The fourth-order valence-electron chi connectivity index (χ4n) is 2.61. The molecule has 1 aliphatic heterocycles. The average Bonchev–Trinajstić information content (AvgIpc) is 2.98. The van der Waals surface area contributed by atoms with E-state index in [-0.39, 0.29) is 0 Å². The fourth-order valence-corrected chi connectivity index (χ4v) is 3.93. The van der Waals surface area contributed by atoms with E-state index in [0.29, 0.717) is 32.0 Å². The monoisotopic (exact) mass is 315 g/mol. The Labute approximate surface area is 127 Å². The van der Waals surface area contributed by atoms with Gasteiger partial charge in [0.15, 0.2) is 0 Å². The van der Waals surface area contributed by atoms with Gasteiger partial charge in [-0.1, -0.05) is 6.92 Å². The van der Waals surface area contributed by atoms with Crippen LogP contribution in [-0.2, 0) is 16.6 Å². The summed E-state index contributed by atoms with van der Waals surface area (Å²) in [5.41, 5.74) is 0. The largest absolute Gasteiger partial charge is 0.469 e. The summed E-state index contributed by atoms with van der Waals surface area (Å²) in [6.07, 6.45) is 4.18. The van der Waals surface area contributed by atoms with Gasteiger partial charge in [0.1, 0.15) is 5.76 Å². The highest BCUT2D eigenvalue weighted by Crippen LogP contribution is 2.18. The second-order valence-electron chi connectivity index (χ2n) is 5.40. The molecule has 0 bridgehead atoms. The minimum atomic E-state index is -3.38. The maximum atomic E-state index is 12.3. The Morgan fingerprint density at radius 1 is 1.48 bits per heavy atom. The number of nitrogens with one attached hydrogen (secondary N) is 2.